The van der Waals surface area contributed by atoms with E-state index in [0.717, 1.165) is 85.1 Å². The number of nitriles is 4. The van der Waals surface area contributed by atoms with E-state index in [2.05, 4.69) is 98.5 Å². The summed E-state index contributed by atoms with van der Waals surface area (Å²) in [6, 6.07) is 50.1. The summed E-state index contributed by atoms with van der Waals surface area (Å²) >= 11 is 0. The van der Waals surface area contributed by atoms with Gasteiger partial charge in [-0.05, 0) is 166 Å². The Bertz CT molecular complexity index is 5160. The molecule has 0 radical (unpaired) electrons. The number of halogens is 1. The Morgan fingerprint density at radius 1 is 0.508 bits per heavy atom. The third kappa shape index (κ3) is 30.8. The number of nitrogens with one attached hydrogen (secondary N) is 4. The largest absolute Gasteiger partial charge is 1.00 e. The normalized spacial score (nSPS) is 17.7. The first-order chi connectivity index (χ1) is 58.0. The number of carbonyl (C=O) groups is 5. The Kier molecular flexibility index (Phi) is 43.9. The summed E-state index contributed by atoms with van der Waals surface area (Å²) in [5.41, 5.74) is 14.9. The predicted molar refractivity (Wildman–Crippen MR) is 443 cm³/mol. The zero-order valence-corrected chi connectivity index (χ0v) is 82.7. The van der Waals surface area contributed by atoms with Crippen LogP contribution < -0.4 is 170 Å². The third-order valence-corrected chi connectivity index (χ3v) is 20.3. The van der Waals surface area contributed by atoms with Crippen molar-refractivity contribution in [2.24, 2.45) is 5.73 Å². The molecule has 35 heteroatoms. The van der Waals surface area contributed by atoms with Crippen molar-refractivity contribution in [2.45, 2.75) is 168 Å². The van der Waals surface area contributed by atoms with Crippen LogP contribution in [0.4, 0.5) is 31.4 Å². The molecular weight excluding hydrogens is 1800 g/mol. The molecule has 0 unspecified atom stereocenters. The topological polar surface area (TPSA) is 448 Å². The van der Waals surface area contributed by atoms with E-state index in [9.17, 15) is 34.1 Å². The number of para-hydroxylation sites is 2. The van der Waals surface area contributed by atoms with Crippen LogP contribution in [0, 0.1) is 79.0 Å². The number of hydrogen-bond acceptors (Lipinski definition) is 26. The second kappa shape index (κ2) is 53.1. The van der Waals surface area contributed by atoms with Crippen LogP contribution in [-0.4, -0.2) is 175 Å². The number of amides is 3. The van der Waals surface area contributed by atoms with Gasteiger partial charge < -0.3 is 67.9 Å². The van der Waals surface area contributed by atoms with Gasteiger partial charge >= 0.3 is 156 Å². The summed E-state index contributed by atoms with van der Waals surface area (Å²) in [5, 5.41) is 82.9. The van der Waals surface area contributed by atoms with Crippen LogP contribution in [0.25, 0.3) is 11.4 Å². The molecule has 0 spiro atoms. The monoisotopic (exact) mass is 1900 g/mol. The van der Waals surface area contributed by atoms with Crippen molar-refractivity contribution in [2.75, 3.05) is 42.1 Å². The summed E-state index contributed by atoms with van der Waals surface area (Å²) < 4.78 is 23.3. The molecule has 4 aromatic carbocycles. The Hall–Kier alpha value is -10.0. The number of likely N-dealkylation sites (tertiary alicyclic amines) is 3. The average Bonchev–Trinajstić information content (AvgIpc) is 1.55. The van der Waals surface area contributed by atoms with Gasteiger partial charge in [0.25, 0.3) is 12.4 Å². The first-order valence-corrected chi connectivity index (χ1v) is 39.0. The Balaban J connectivity index is 0.000000266. The zero-order valence-electron chi connectivity index (χ0n) is 71.1. The number of aromatic nitrogens is 10. The molecule has 4 aliphatic heterocycles. The van der Waals surface area contributed by atoms with Crippen LogP contribution in [0.2, 0.25) is 0 Å². The number of aromatic carboxylic acids is 1. The Labute approximate surface area is 828 Å². The molecule has 10 aromatic rings. The van der Waals surface area contributed by atoms with Gasteiger partial charge in [-0.25, -0.2) is 34.3 Å². The van der Waals surface area contributed by atoms with Crippen LogP contribution >= 0.6 is 0 Å². The minimum Gasteiger partial charge on any atom is -1.00 e. The molecule has 4 fully saturated rings. The molecule has 0 saturated carbocycles. The molecule has 4 saturated heterocycles. The molecule has 0 bridgehead atoms. The van der Waals surface area contributed by atoms with Crippen LogP contribution in [-0.2, 0) is 32.4 Å². The molecule has 6 aromatic heterocycles. The number of carboxylic acids is 1. The van der Waals surface area contributed by atoms with Gasteiger partial charge in [-0.3, -0.25) is 9.59 Å². The van der Waals surface area contributed by atoms with Gasteiger partial charge in [-0.15, -0.1) is 0 Å². The Morgan fingerprint density at radius 3 is 1.28 bits per heavy atom. The van der Waals surface area contributed by atoms with Crippen LogP contribution in [0.3, 0.4) is 0 Å². The molecule has 7 N–H and O–H groups in total. The summed E-state index contributed by atoms with van der Waals surface area (Å²) in [7, 11) is 0. The number of carbonyl (C=O) groups excluding carboxylic acids is 4. The van der Waals surface area contributed by atoms with E-state index in [1.807, 2.05) is 131 Å². The van der Waals surface area contributed by atoms with Crippen molar-refractivity contribution in [1.82, 2.24) is 69.9 Å². The van der Waals surface area contributed by atoms with Crippen molar-refractivity contribution in [3.63, 3.8) is 0 Å². The van der Waals surface area contributed by atoms with Crippen LogP contribution in [0.5, 0.6) is 0 Å². The van der Waals surface area contributed by atoms with Crippen molar-refractivity contribution in [1.29, 1.82) is 21.0 Å². The van der Waals surface area contributed by atoms with Gasteiger partial charge in [0.2, 0.25) is 5.95 Å². The number of nitrogens with zero attached hydrogens (tertiary/aromatic N) is 17. The van der Waals surface area contributed by atoms with Gasteiger partial charge in [0.05, 0.1) is 88.1 Å². The van der Waals surface area contributed by atoms with E-state index >= 15 is 0 Å². The fourth-order valence-electron chi connectivity index (χ4n) is 13.2. The quantitative estimate of drug-likeness (QED) is 0.0311. The number of piperidine rings is 4. The predicted octanol–water partition coefficient (Wildman–Crippen LogP) is 5.68. The maximum Gasteiger partial charge on any atom is 1.00 e. The first-order valence-electron chi connectivity index (χ1n) is 39.0. The summed E-state index contributed by atoms with van der Waals surface area (Å²) in [4.78, 5) is 84.7. The number of pyridine rings is 4. The molecule has 10 heterocycles. The zero-order chi connectivity index (χ0) is 86.5. The maximum atomic E-state index is 13.5. The molecule has 14 rings (SSSR count). The first kappa shape index (κ1) is 101. The van der Waals surface area contributed by atoms with Crippen molar-refractivity contribution < 1.29 is 192 Å². The second-order valence-electron chi connectivity index (χ2n) is 28.7. The number of benzene rings is 4. The molecule has 0 aliphatic carbocycles. The van der Waals surface area contributed by atoms with E-state index < -0.39 is 11.9 Å². The fourth-order valence-corrected chi connectivity index (χ4v) is 13.2. The second-order valence-corrected chi connectivity index (χ2v) is 28.7. The molecule has 122 heavy (non-hydrogen) atoms. The van der Waals surface area contributed by atoms with Gasteiger partial charge in [-0.2, -0.15) is 55.4 Å². The number of hydrogen-bond donors (Lipinski definition) is 6. The number of anilines is 3. The van der Waals surface area contributed by atoms with Gasteiger partial charge in [0, 0.05) is 122 Å². The van der Waals surface area contributed by atoms with E-state index in [0.29, 0.717) is 94.7 Å². The van der Waals surface area contributed by atoms with Gasteiger partial charge in [0.1, 0.15) is 36.4 Å². The minimum absolute atomic E-state index is 0. The number of ether oxygens (including phenoxy) is 2. The van der Waals surface area contributed by atoms with Gasteiger partial charge in [-0.1, -0.05) is 84.9 Å². The van der Waals surface area contributed by atoms with E-state index in [1.54, 1.807) is 77.2 Å². The van der Waals surface area contributed by atoms with Crippen molar-refractivity contribution >= 4 is 48.0 Å². The summed E-state index contributed by atoms with van der Waals surface area (Å²) in [6.07, 6.45) is 19.7. The molecule has 8 atom stereocenters. The van der Waals surface area contributed by atoms with Crippen LogP contribution in [0.15, 0.2) is 183 Å². The minimum atomic E-state index is -0.988. The van der Waals surface area contributed by atoms with Crippen molar-refractivity contribution in [3.05, 3.63) is 256 Å². The number of carboxylic acid groups (broad SMARTS) is 1. The Morgan fingerprint density at radius 2 is 0.869 bits per heavy atom. The summed E-state index contributed by atoms with van der Waals surface area (Å²) in [5.74, 6) is 0.632. The van der Waals surface area contributed by atoms with E-state index in [1.165, 1.54) is 53.7 Å². The summed E-state index contributed by atoms with van der Waals surface area (Å²) in [6.45, 7) is 18.6. The van der Waals surface area contributed by atoms with Crippen LogP contribution in [0.1, 0.15) is 157 Å². The van der Waals surface area contributed by atoms with Gasteiger partial charge in [0.15, 0.2) is 0 Å². The van der Waals surface area contributed by atoms with Crippen molar-refractivity contribution in [3.8, 4) is 35.7 Å². The number of nitrogens with two attached hydrogens (primary N) is 1. The number of rotatable bonds is 15. The SMILES string of the molecule is C[C@@H]1CC[C@@H](N)CN1C(=O)OCc1ccccc1.Cc1c(C#N)ccnc1F.Cc1c(C#N)ccnc1N[C@@H]1CC[C@@H](C)N(C(=O)OCc2ccccc2)C1.Cc1c(C#N)ccnc1N[C@@H]1CC[C@@H](C)N(C(=O)c2ccccc2-n2nccn2)C1.Cc1c(C#N)ccnc1N[C@@H]1CC[C@@H](C)NC1.O=C(O)c1ccccc1-n1nccn1.O=CO[O-].[Cs+].[Cs+].[H-]. The fraction of sp³-hybridized carbons (Fsp3) is 0.345. The maximum absolute atomic E-state index is 13.5. The average molecular weight is 1900 g/mol. The molecule has 32 nitrogen and oxygen atoms in total. The van der Waals surface area contributed by atoms with E-state index in [4.69, 9.17) is 40.9 Å². The smallest absolute Gasteiger partial charge is 1.00 e. The standard InChI is InChI=1S/C22H23N7O.C21H24N4O2.C14H20N2O2.C13H18N4.C9H7N3O2.C7H5FN2.CH2O3.2Cs.H/c1-15-7-8-18(27-21-16(2)17(13-23)9-10-24-21)14-28(15)22(30)19-5-3-4-6-20(19)29-25-11-12-26-29;1-15-8-9-19(24-20-16(2)18(12-22)10-11-23-20)13-25(15)21(26)27-14-17-6-4-3-5-7-17;1-11-7-8-13(15)9-16(11)14(17)18-10-12-5-3-2-4-6-12;1-9-3-4-12(8-16-9)17-13-10(2)11(7-14)5-6-15-13;13-9(14)7-3-1-2-4-8(7)12-10-5-6-11-12;1-5-6(4-9)2-3-10-7(5)8;2-1-4-3;;;/h3-6,9-12,15,18H,7-8,14H2,1-2H3,(H,24,27);3-7,10-11,15,19H,8-9,13-14H2,1-2H3,(H,23,24);2-6,11,13H,7-10,15H2,1H3;5-6,9,12,16H,3-4,8H2,1-2H3,(H,15,17);1-6H,(H,13,14);2-3H,1H3;1,3H;;;/q;;;;;;;2*+1;-1/p-1/t15-,18-;15-,19-;11-,13-;9-,12-;;;;;;/m1111....../s1. The van der Waals surface area contributed by atoms with E-state index in [-0.39, 0.29) is 212 Å². The third-order valence-electron chi connectivity index (χ3n) is 20.3. The molecule has 3 amide bonds. The molecule has 626 valence electrons. The molecule has 4 aliphatic rings. The molecular formula is C87H99Cs2FN22O10.